The van der Waals surface area contributed by atoms with E-state index >= 15 is 0 Å². The lowest BCUT2D eigenvalue weighted by atomic mass is 10.1. The first kappa shape index (κ1) is 23.0. The molecule has 0 bridgehead atoms. The minimum atomic E-state index is -0.404. The second-order valence-electron chi connectivity index (χ2n) is 7.72. The summed E-state index contributed by atoms with van der Waals surface area (Å²) in [6, 6.07) is 9.56. The lowest BCUT2D eigenvalue weighted by molar-refractivity contribution is 0.0809. The minimum Gasteiger partial charge on any atom is -0.446 e. The number of methoxy groups -OCH3 is 1. The Morgan fingerprint density at radius 3 is 2.82 bits per heavy atom. The van der Waals surface area contributed by atoms with E-state index in [2.05, 4.69) is 30.5 Å². The topological polar surface area (TPSA) is 102 Å². The smallest absolute Gasteiger partial charge is 0.407 e. The van der Waals surface area contributed by atoms with Gasteiger partial charge in [0.1, 0.15) is 11.9 Å². The van der Waals surface area contributed by atoms with Gasteiger partial charge < -0.3 is 25.0 Å². The predicted octanol–water partition coefficient (Wildman–Crippen LogP) is 3.63. The number of hydrogen-bond acceptors (Lipinski definition) is 8. The molecule has 0 unspecified atom stereocenters. The van der Waals surface area contributed by atoms with Crippen molar-refractivity contribution in [1.29, 1.82) is 0 Å². The summed E-state index contributed by atoms with van der Waals surface area (Å²) in [4.78, 5) is 27.7. The third-order valence-electron chi connectivity index (χ3n) is 5.47. The van der Waals surface area contributed by atoms with Crippen LogP contribution < -0.4 is 15.5 Å². The number of pyridine rings is 1. The molecule has 2 aromatic heterocycles. The molecule has 10 heteroatoms. The van der Waals surface area contributed by atoms with Crippen LogP contribution in [0.5, 0.6) is 0 Å². The molecule has 33 heavy (non-hydrogen) atoms. The Hall–Kier alpha value is -3.17. The van der Waals surface area contributed by atoms with Gasteiger partial charge in [-0.25, -0.2) is 19.7 Å². The lowest BCUT2D eigenvalue weighted by Gasteiger charge is -2.32. The van der Waals surface area contributed by atoms with Crippen molar-refractivity contribution in [3.05, 3.63) is 53.3 Å². The third-order valence-corrected chi connectivity index (χ3v) is 5.84. The summed E-state index contributed by atoms with van der Waals surface area (Å²) in [7, 11) is 1.59. The molecular weight excluding hydrogens is 444 g/mol. The fourth-order valence-electron chi connectivity index (χ4n) is 3.73. The minimum absolute atomic E-state index is 0.115. The Balaban J connectivity index is 1.37. The Morgan fingerprint density at radius 1 is 1.21 bits per heavy atom. The molecule has 9 nitrogen and oxygen atoms in total. The van der Waals surface area contributed by atoms with E-state index in [0.717, 1.165) is 48.2 Å². The van der Waals surface area contributed by atoms with Crippen LogP contribution in [0.25, 0.3) is 10.9 Å². The van der Waals surface area contributed by atoms with E-state index < -0.39 is 6.09 Å². The van der Waals surface area contributed by atoms with Crippen LogP contribution >= 0.6 is 11.6 Å². The van der Waals surface area contributed by atoms with Gasteiger partial charge >= 0.3 is 6.09 Å². The number of benzene rings is 1. The van der Waals surface area contributed by atoms with Crippen molar-refractivity contribution in [3.63, 3.8) is 0 Å². The molecule has 0 spiro atoms. The molecule has 1 fully saturated rings. The molecule has 0 saturated carbocycles. The van der Waals surface area contributed by atoms with Gasteiger partial charge in [0.05, 0.1) is 17.5 Å². The van der Waals surface area contributed by atoms with Crippen LogP contribution in [0.4, 0.5) is 16.6 Å². The van der Waals surface area contributed by atoms with Gasteiger partial charge in [0.15, 0.2) is 0 Å². The fraction of sp³-hybridized carbons (Fsp3) is 0.391. The zero-order valence-electron chi connectivity index (χ0n) is 18.5. The molecule has 2 N–H and O–H groups in total. The highest BCUT2D eigenvalue weighted by Crippen LogP contribution is 2.27. The molecule has 1 aliphatic heterocycles. The maximum absolute atomic E-state index is 11.9. The number of ether oxygens (including phenoxy) is 2. The molecule has 3 heterocycles. The molecule has 0 radical (unpaired) electrons. The average molecular weight is 471 g/mol. The van der Waals surface area contributed by atoms with Gasteiger partial charge in [-0.2, -0.15) is 0 Å². The second-order valence-corrected chi connectivity index (χ2v) is 8.12. The molecule has 0 aliphatic carbocycles. The third kappa shape index (κ3) is 6.00. The first-order chi connectivity index (χ1) is 16.1. The quantitative estimate of drug-likeness (QED) is 0.481. The van der Waals surface area contributed by atoms with E-state index in [4.69, 9.17) is 21.1 Å². The first-order valence-corrected chi connectivity index (χ1v) is 11.3. The molecule has 3 aromatic rings. The fourth-order valence-corrected chi connectivity index (χ4v) is 3.93. The molecular formula is C23H27ClN6O3. The normalized spacial score (nSPS) is 14.3. The zero-order chi connectivity index (χ0) is 23.0. The number of nitrogens with one attached hydrogen (secondary N) is 2. The number of hydrogen-bond donors (Lipinski definition) is 2. The number of amides is 1. The Labute approximate surface area is 197 Å². The number of nitrogens with zero attached hydrogens (tertiary/aromatic N) is 4. The average Bonchev–Trinajstić information content (AvgIpc) is 2.84. The number of aromatic nitrogens is 3. The van der Waals surface area contributed by atoms with Crippen LogP contribution in [-0.4, -0.2) is 60.5 Å². The number of fused-ring (bicyclic) bond motifs is 1. The van der Waals surface area contributed by atoms with Crippen LogP contribution in [0.15, 0.2) is 42.7 Å². The molecule has 4 rings (SSSR count). The van der Waals surface area contributed by atoms with Crippen molar-refractivity contribution in [2.75, 3.05) is 43.6 Å². The summed E-state index contributed by atoms with van der Waals surface area (Å²) in [5.74, 6) is 1.37. The van der Waals surface area contributed by atoms with E-state index in [1.54, 1.807) is 19.5 Å². The van der Waals surface area contributed by atoms with Crippen molar-refractivity contribution >= 4 is 40.4 Å². The van der Waals surface area contributed by atoms with Crippen molar-refractivity contribution in [3.8, 4) is 0 Å². The Kier molecular flexibility index (Phi) is 7.74. The number of carbonyl (C=O) groups excluding carboxylic acids is 1. The highest BCUT2D eigenvalue weighted by atomic mass is 35.5. The summed E-state index contributed by atoms with van der Waals surface area (Å²) >= 11 is 6.23. The van der Waals surface area contributed by atoms with E-state index in [1.165, 1.54) is 0 Å². The van der Waals surface area contributed by atoms with Gasteiger partial charge in [-0.05, 0) is 17.7 Å². The van der Waals surface area contributed by atoms with Crippen LogP contribution in [0, 0.1) is 0 Å². The van der Waals surface area contributed by atoms with Crippen molar-refractivity contribution in [2.45, 2.75) is 25.5 Å². The highest BCUT2D eigenvalue weighted by Gasteiger charge is 2.24. The first-order valence-electron chi connectivity index (χ1n) is 10.9. The van der Waals surface area contributed by atoms with E-state index in [1.807, 2.05) is 30.3 Å². The summed E-state index contributed by atoms with van der Waals surface area (Å²) in [6.45, 7) is 2.89. The maximum Gasteiger partial charge on any atom is 0.407 e. The Bertz CT molecular complexity index is 1090. The largest absolute Gasteiger partial charge is 0.446 e. The monoisotopic (exact) mass is 470 g/mol. The molecule has 0 atom stereocenters. The molecule has 1 amide bonds. The van der Waals surface area contributed by atoms with Crippen LogP contribution in [0.3, 0.4) is 0 Å². The maximum atomic E-state index is 11.9. The van der Waals surface area contributed by atoms with Gasteiger partial charge in [0.25, 0.3) is 0 Å². The molecule has 1 aromatic carbocycles. The zero-order valence-corrected chi connectivity index (χ0v) is 19.2. The van der Waals surface area contributed by atoms with Crippen LogP contribution in [0.1, 0.15) is 18.4 Å². The number of carbonyl (C=O) groups is 1. The van der Waals surface area contributed by atoms with Crippen molar-refractivity contribution < 1.29 is 14.3 Å². The molecule has 1 saturated heterocycles. The van der Waals surface area contributed by atoms with Gasteiger partial charge in [-0.1, -0.05) is 29.8 Å². The summed E-state index contributed by atoms with van der Waals surface area (Å²) in [6.07, 6.45) is 4.50. The summed E-state index contributed by atoms with van der Waals surface area (Å²) < 4.78 is 10.4. The summed E-state index contributed by atoms with van der Waals surface area (Å²) in [5, 5.41) is 7.51. The molecule has 174 valence electrons. The lowest BCUT2D eigenvalue weighted by Crippen LogP contribution is -2.40. The van der Waals surface area contributed by atoms with Crippen LogP contribution in [-0.2, 0) is 16.0 Å². The predicted molar refractivity (Wildman–Crippen MR) is 128 cm³/mol. The van der Waals surface area contributed by atoms with E-state index in [-0.39, 0.29) is 6.10 Å². The number of anilines is 2. The van der Waals surface area contributed by atoms with Gasteiger partial charge in [-0.3, -0.25) is 0 Å². The van der Waals surface area contributed by atoms with E-state index in [0.29, 0.717) is 30.7 Å². The van der Waals surface area contributed by atoms with Gasteiger partial charge in [-0.15, -0.1) is 0 Å². The van der Waals surface area contributed by atoms with Gasteiger partial charge in [0.2, 0.25) is 5.95 Å². The number of alkyl carbamates (subject to hydrolysis) is 1. The number of halogens is 1. The second kappa shape index (κ2) is 11.1. The van der Waals surface area contributed by atoms with Crippen LogP contribution in [0.2, 0.25) is 5.02 Å². The number of rotatable bonds is 8. The van der Waals surface area contributed by atoms with Gasteiger partial charge in [0, 0.05) is 63.5 Å². The highest BCUT2D eigenvalue weighted by molar-refractivity contribution is 6.31. The van der Waals surface area contributed by atoms with E-state index in [9.17, 15) is 4.79 Å². The van der Waals surface area contributed by atoms with Crippen molar-refractivity contribution in [1.82, 2.24) is 20.3 Å². The van der Waals surface area contributed by atoms with Crippen molar-refractivity contribution in [2.24, 2.45) is 0 Å². The standard InChI is InChI=1S/C23H27ClN6O3/c1-32-13-10-26-23(31)33-17-7-11-30(12-8-17)21-18-15-28-22(29-20(18)6-9-25-21)27-14-16-4-2-3-5-19(16)24/h2-6,9,15,17H,7-8,10-14H2,1H3,(H,26,31)(H,27,28,29). The Morgan fingerprint density at radius 2 is 2.03 bits per heavy atom. The SMILES string of the molecule is COCCNC(=O)OC1CCN(c2nccc3nc(NCc4ccccc4Cl)ncc23)CC1. The number of piperidine rings is 1. The molecule has 1 aliphatic rings. The summed E-state index contributed by atoms with van der Waals surface area (Å²) in [5.41, 5.74) is 1.79.